The van der Waals surface area contributed by atoms with E-state index in [1.54, 1.807) is 24.9 Å². The number of hydrogen-bond donors (Lipinski definition) is 0. The van der Waals surface area contributed by atoms with Gasteiger partial charge in [0.15, 0.2) is 0 Å². The number of amides is 1. The molecule has 3 aromatic heterocycles. The molecule has 0 aromatic carbocycles. The molecule has 0 saturated heterocycles. The van der Waals surface area contributed by atoms with Gasteiger partial charge in [-0.3, -0.25) is 9.78 Å². The molecule has 3 aromatic rings. The molecular formula is C18H17N3O2S. The Hall–Kier alpha value is -2.47. The van der Waals surface area contributed by atoms with Crippen LogP contribution in [0.25, 0.3) is 10.6 Å². The van der Waals surface area contributed by atoms with Crippen molar-refractivity contribution in [3.05, 3.63) is 59.8 Å². The summed E-state index contributed by atoms with van der Waals surface area (Å²) in [6.45, 7) is 2.01. The average Bonchev–Trinajstić information content (AvgIpc) is 3.12. The number of carbonyl (C=O) groups is 1. The van der Waals surface area contributed by atoms with E-state index in [2.05, 4.69) is 9.97 Å². The maximum atomic E-state index is 13.0. The van der Waals surface area contributed by atoms with Crippen LogP contribution in [0.1, 0.15) is 41.2 Å². The molecule has 1 aliphatic rings. The van der Waals surface area contributed by atoms with Gasteiger partial charge in [-0.15, -0.1) is 11.3 Å². The third-order valence-electron chi connectivity index (χ3n) is 4.19. The lowest BCUT2D eigenvalue weighted by Gasteiger charge is -2.27. The molecule has 5 nitrogen and oxygen atoms in total. The third-order valence-corrected chi connectivity index (χ3v) is 5.23. The lowest BCUT2D eigenvalue weighted by atomic mass is 10.2. The zero-order chi connectivity index (χ0) is 16.5. The van der Waals surface area contributed by atoms with E-state index in [9.17, 15) is 4.79 Å². The monoisotopic (exact) mass is 339 g/mol. The number of nitrogens with zero attached hydrogens (tertiary/aromatic N) is 3. The van der Waals surface area contributed by atoms with E-state index < -0.39 is 0 Å². The van der Waals surface area contributed by atoms with Crippen molar-refractivity contribution >= 4 is 17.2 Å². The first-order valence-corrected chi connectivity index (χ1v) is 8.78. The topological polar surface area (TPSA) is 59.2 Å². The highest BCUT2D eigenvalue weighted by Crippen LogP contribution is 2.37. The number of rotatable bonds is 5. The second-order valence-electron chi connectivity index (χ2n) is 5.90. The quantitative estimate of drug-likeness (QED) is 0.700. The fourth-order valence-electron chi connectivity index (χ4n) is 2.80. The predicted octanol–water partition coefficient (Wildman–Crippen LogP) is 4.16. The lowest BCUT2D eigenvalue weighted by Crippen LogP contribution is -2.35. The van der Waals surface area contributed by atoms with Crippen LogP contribution in [-0.4, -0.2) is 26.8 Å². The Morgan fingerprint density at radius 3 is 2.79 bits per heavy atom. The molecule has 0 radical (unpaired) electrons. The van der Waals surface area contributed by atoms with Crippen molar-refractivity contribution in [2.24, 2.45) is 0 Å². The Morgan fingerprint density at radius 1 is 1.33 bits per heavy atom. The molecule has 1 amide bonds. The standard InChI is InChI=1S/C18H17N3O2S/c1-12(15-3-2-10-23-15)21(14-4-5-14)18(22)16-11-20-17(24-16)13-6-8-19-9-7-13/h2-3,6-12,14H,4-5H2,1H3. The second kappa shape index (κ2) is 6.20. The molecule has 3 heterocycles. The summed E-state index contributed by atoms with van der Waals surface area (Å²) in [7, 11) is 0. The molecule has 1 unspecified atom stereocenters. The summed E-state index contributed by atoms with van der Waals surface area (Å²) >= 11 is 1.42. The van der Waals surface area contributed by atoms with Crippen molar-refractivity contribution in [3.63, 3.8) is 0 Å². The van der Waals surface area contributed by atoms with Crippen LogP contribution in [0.2, 0.25) is 0 Å². The van der Waals surface area contributed by atoms with E-state index in [1.165, 1.54) is 11.3 Å². The minimum absolute atomic E-state index is 0.0270. The molecule has 0 spiro atoms. The normalized spacial score (nSPS) is 15.2. The average molecular weight is 339 g/mol. The summed E-state index contributed by atoms with van der Waals surface area (Å²) in [5.74, 6) is 0.841. The number of carbonyl (C=O) groups excluding carboxylic acids is 1. The van der Waals surface area contributed by atoms with Gasteiger partial charge in [-0.2, -0.15) is 0 Å². The molecule has 0 bridgehead atoms. The molecule has 0 aliphatic heterocycles. The molecule has 4 rings (SSSR count). The van der Waals surface area contributed by atoms with Crippen LogP contribution in [0.15, 0.2) is 53.5 Å². The van der Waals surface area contributed by atoms with Crippen LogP contribution < -0.4 is 0 Å². The van der Waals surface area contributed by atoms with Gasteiger partial charge in [-0.1, -0.05) is 0 Å². The molecule has 24 heavy (non-hydrogen) atoms. The zero-order valence-electron chi connectivity index (χ0n) is 13.3. The number of aromatic nitrogens is 2. The Bertz CT molecular complexity index is 825. The summed E-state index contributed by atoms with van der Waals surface area (Å²) in [6.07, 6.45) is 8.88. The summed E-state index contributed by atoms with van der Waals surface area (Å²) < 4.78 is 5.50. The van der Waals surface area contributed by atoms with Crippen LogP contribution in [0.5, 0.6) is 0 Å². The molecule has 1 fully saturated rings. The van der Waals surface area contributed by atoms with Gasteiger partial charge in [0, 0.05) is 24.0 Å². The van der Waals surface area contributed by atoms with Gasteiger partial charge >= 0.3 is 0 Å². The summed E-state index contributed by atoms with van der Waals surface area (Å²) in [5.41, 5.74) is 0.978. The second-order valence-corrected chi connectivity index (χ2v) is 6.93. The van der Waals surface area contributed by atoms with Gasteiger partial charge in [0.25, 0.3) is 5.91 Å². The van der Waals surface area contributed by atoms with Crippen LogP contribution in [0, 0.1) is 0 Å². The summed E-state index contributed by atoms with van der Waals surface area (Å²) in [5, 5.41) is 0.835. The molecular weight excluding hydrogens is 322 g/mol. The highest BCUT2D eigenvalue weighted by Gasteiger charge is 2.38. The van der Waals surface area contributed by atoms with Crippen LogP contribution in [-0.2, 0) is 0 Å². The Kier molecular flexibility index (Phi) is 3.90. The van der Waals surface area contributed by atoms with Crippen molar-refractivity contribution in [2.75, 3.05) is 0 Å². The van der Waals surface area contributed by atoms with E-state index in [-0.39, 0.29) is 11.9 Å². The summed E-state index contributed by atoms with van der Waals surface area (Å²) in [6, 6.07) is 7.79. The van der Waals surface area contributed by atoms with Crippen LogP contribution >= 0.6 is 11.3 Å². The lowest BCUT2D eigenvalue weighted by molar-refractivity contribution is 0.0657. The first kappa shape index (κ1) is 15.1. The first-order chi connectivity index (χ1) is 11.7. The van der Waals surface area contributed by atoms with E-state index in [0.717, 1.165) is 29.2 Å². The number of thiazole rings is 1. The van der Waals surface area contributed by atoms with Crippen molar-refractivity contribution in [3.8, 4) is 10.6 Å². The van der Waals surface area contributed by atoms with E-state index in [1.807, 2.05) is 36.1 Å². The van der Waals surface area contributed by atoms with Gasteiger partial charge < -0.3 is 9.32 Å². The fraction of sp³-hybridized carbons (Fsp3) is 0.278. The highest BCUT2D eigenvalue weighted by atomic mass is 32.1. The largest absolute Gasteiger partial charge is 0.467 e. The van der Waals surface area contributed by atoms with Crippen LogP contribution in [0.4, 0.5) is 0 Å². The molecule has 1 aliphatic carbocycles. The third kappa shape index (κ3) is 2.85. The fourth-order valence-corrected chi connectivity index (χ4v) is 3.67. The van der Waals surface area contributed by atoms with E-state index in [0.29, 0.717) is 10.9 Å². The Labute approximate surface area is 144 Å². The predicted molar refractivity (Wildman–Crippen MR) is 91.7 cm³/mol. The van der Waals surface area contributed by atoms with Crippen molar-refractivity contribution in [1.82, 2.24) is 14.9 Å². The highest BCUT2D eigenvalue weighted by molar-refractivity contribution is 7.16. The maximum absolute atomic E-state index is 13.0. The van der Waals surface area contributed by atoms with Gasteiger partial charge in [-0.25, -0.2) is 4.98 Å². The number of pyridine rings is 1. The van der Waals surface area contributed by atoms with E-state index >= 15 is 0 Å². The minimum Gasteiger partial charge on any atom is -0.467 e. The smallest absolute Gasteiger partial charge is 0.266 e. The van der Waals surface area contributed by atoms with Crippen LogP contribution in [0.3, 0.4) is 0 Å². The molecule has 122 valence electrons. The van der Waals surface area contributed by atoms with Gasteiger partial charge in [0.1, 0.15) is 15.6 Å². The number of hydrogen-bond acceptors (Lipinski definition) is 5. The van der Waals surface area contributed by atoms with Crippen molar-refractivity contribution in [2.45, 2.75) is 31.8 Å². The maximum Gasteiger partial charge on any atom is 0.266 e. The number of furan rings is 1. The summed E-state index contributed by atoms with van der Waals surface area (Å²) in [4.78, 5) is 24.1. The van der Waals surface area contributed by atoms with Gasteiger partial charge in [0.2, 0.25) is 0 Å². The van der Waals surface area contributed by atoms with Gasteiger partial charge in [0.05, 0.1) is 18.5 Å². The molecule has 1 atom stereocenters. The minimum atomic E-state index is -0.0773. The van der Waals surface area contributed by atoms with E-state index in [4.69, 9.17) is 4.42 Å². The Balaban J connectivity index is 1.61. The zero-order valence-corrected chi connectivity index (χ0v) is 14.1. The SMILES string of the molecule is CC(c1ccco1)N(C(=O)c1cnc(-c2ccncc2)s1)C1CC1. The Morgan fingerprint density at radius 2 is 2.12 bits per heavy atom. The first-order valence-electron chi connectivity index (χ1n) is 7.96. The molecule has 6 heteroatoms. The molecule has 1 saturated carbocycles. The van der Waals surface area contributed by atoms with Crippen molar-refractivity contribution in [1.29, 1.82) is 0 Å². The van der Waals surface area contributed by atoms with Gasteiger partial charge in [-0.05, 0) is 44.0 Å². The van der Waals surface area contributed by atoms with Crippen molar-refractivity contribution < 1.29 is 9.21 Å². The molecule has 0 N–H and O–H groups in total.